The molecule has 18 heteroatoms. The van der Waals surface area contributed by atoms with E-state index >= 15 is 8.78 Å². The van der Waals surface area contributed by atoms with Gasteiger partial charge in [-0.1, -0.05) is 13.0 Å². The van der Waals surface area contributed by atoms with Crippen molar-refractivity contribution in [2.24, 2.45) is 11.3 Å². The summed E-state index contributed by atoms with van der Waals surface area (Å²) in [6, 6.07) is 12.2. The van der Waals surface area contributed by atoms with Crippen molar-refractivity contribution < 1.29 is 42.1 Å². The normalized spacial score (nSPS) is 23.4. The van der Waals surface area contributed by atoms with Gasteiger partial charge in [-0.2, -0.15) is 9.97 Å². The molecule has 3 amide bonds. The van der Waals surface area contributed by atoms with Gasteiger partial charge in [-0.3, -0.25) is 29.6 Å². The van der Waals surface area contributed by atoms with Crippen LogP contribution in [0.3, 0.4) is 0 Å². The molecule has 7 aliphatic rings. The van der Waals surface area contributed by atoms with E-state index in [0.29, 0.717) is 82.9 Å². The molecule has 1 aliphatic carbocycles. The van der Waals surface area contributed by atoms with E-state index in [1.807, 2.05) is 25.1 Å². The van der Waals surface area contributed by atoms with Crippen LogP contribution < -0.4 is 24.6 Å². The lowest BCUT2D eigenvalue weighted by Gasteiger charge is -2.48. The third-order valence-electron chi connectivity index (χ3n) is 17.0. The fourth-order valence-corrected chi connectivity index (χ4v) is 12.6. The zero-order valence-electron chi connectivity index (χ0n) is 42.4. The monoisotopic (exact) mass is 1010 g/mol. The summed E-state index contributed by atoms with van der Waals surface area (Å²) in [5.41, 5.74) is 3.41. The lowest BCUT2D eigenvalue weighted by Crippen LogP contribution is -2.56. The summed E-state index contributed by atoms with van der Waals surface area (Å²) in [5.74, 6) is -0.175. The van der Waals surface area contributed by atoms with Gasteiger partial charge >= 0.3 is 6.01 Å². The number of aryl methyl sites for hydroxylation is 1. The first-order valence-corrected chi connectivity index (χ1v) is 26.7. The Morgan fingerprint density at radius 1 is 0.865 bits per heavy atom. The Morgan fingerprint density at radius 3 is 2.43 bits per heavy atom. The Kier molecular flexibility index (Phi) is 13.1. The summed E-state index contributed by atoms with van der Waals surface area (Å²) < 4.78 is 56.7. The Balaban J connectivity index is 0.698. The van der Waals surface area contributed by atoms with E-state index < -0.39 is 17.8 Å². The Morgan fingerprint density at radius 2 is 1.69 bits per heavy atom. The molecule has 1 N–H and O–H groups in total. The van der Waals surface area contributed by atoms with Gasteiger partial charge in [0.15, 0.2) is 12.6 Å². The number of carbonyl (C=O) groups excluding carboxylic acids is 3. The SMILES string of the molecule is CCc1c(F)ccc2cc(OCOC)cc(-c3ncc4c(N5CCC[C@@]6(CCO6)C5)nc(OCC5(CN6CCC(CN7CCN(c8ccc9c(c8)CN(C8CCC(=O)NC8=O)C9=O)CC7)CC6)CC5)nc4c3F)c12. The molecule has 6 aliphatic heterocycles. The summed E-state index contributed by atoms with van der Waals surface area (Å²) in [6.07, 6.45) is 9.83. The first-order chi connectivity index (χ1) is 36.0. The topological polar surface area (TPSA) is 155 Å². The van der Waals surface area contributed by atoms with Gasteiger partial charge in [0, 0.05) is 107 Å². The minimum atomic E-state index is -0.635. The number of anilines is 2. The number of piperazine rings is 1. The number of nitrogens with one attached hydrogen (secondary N) is 1. The number of piperidine rings is 3. The highest BCUT2D eigenvalue weighted by Gasteiger charge is 2.47. The van der Waals surface area contributed by atoms with E-state index in [1.165, 1.54) is 13.2 Å². The van der Waals surface area contributed by atoms with Gasteiger partial charge in [0.1, 0.15) is 34.6 Å². The summed E-state index contributed by atoms with van der Waals surface area (Å²) in [4.78, 5) is 63.5. The van der Waals surface area contributed by atoms with Gasteiger partial charge in [-0.25, -0.2) is 8.78 Å². The molecule has 6 fully saturated rings. The number of pyridine rings is 1. The van der Waals surface area contributed by atoms with E-state index in [0.717, 1.165) is 122 Å². The molecule has 12 rings (SSSR count). The number of amides is 3. The van der Waals surface area contributed by atoms with Crippen LogP contribution in [0.15, 0.2) is 48.7 Å². The Hall–Kier alpha value is -6.08. The largest absolute Gasteiger partial charge is 0.468 e. The first kappa shape index (κ1) is 48.8. The second-order valence-electron chi connectivity index (χ2n) is 21.9. The maximum absolute atomic E-state index is 17.5. The summed E-state index contributed by atoms with van der Waals surface area (Å²) in [7, 11) is 1.53. The maximum Gasteiger partial charge on any atom is 0.319 e. The molecule has 5 aromatic rings. The minimum absolute atomic E-state index is 0.0123. The number of carbonyl (C=O) groups is 3. The number of hydrogen-bond donors (Lipinski definition) is 1. The maximum atomic E-state index is 17.5. The Labute approximate surface area is 429 Å². The minimum Gasteiger partial charge on any atom is -0.468 e. The van der Waals surface area contributed by atoms with Gasteiger partial charge in [0.2, 0.25) is 11.8 Å². The highest BCUT2D eigenvalue weighted by Crippen LogP contribution is 2.48. The highest BCUT2D eigenvalue weighted by molar-refractivity contribution is 6.06. The van der Waals surface area contributed by atoms with Crippen molar-refractivity contribution in [1.29, 1.82) is 0 Å². The molecule has 1 unspecified atom stereocenters. The van der Waals surface area contributed by atoms with Crippen molar-refractivity contribution in [3.05, 3.63) is 77.0 Å². The van der Waals surface area contributed by atoms with Crippen LogP contribution in [0.1, 0.15) is 86.2 Å². The molecule has 3 aromatic carbocycles. The number of hydrogen-bond acceptors (Lipinski definition) is 14. The van der Waals surface area contributed by atoms with E-state index in [2.05, 4.69) is 31.0 Å². The Bertz CT molecular complexity index is 3010. The number of nitrogens with zero attached hydrogens (tertiary/aromatic N) is 8. The number of likely N-dealkylation sites (tertiary alicyclic amines) is 1. The number of imide groups is 1. The molecular formula is C56H65F2N9O7. The van der Waals surface area contributed by atoms with Crippen molar-refractivity contribution in [2.75, 3.05) is 102 Å². The predicted molar refractivity (Wildman–Crippen MR) is 274 cm³/mol. The van der Waals surface area contributed by atoms with Crippen molar-refractivity contribution in [3.8, 4) is 23.0 Å². The standard InChI is InChI=1S/C56H65F2N9O7/c1-3-40-44(57)8-5-36-26-39(73-34-71-2)27-42(47(36)40)49-48(58)50-43(28-59-49)51(66-17-4-13-56(32-66)16-24-74-56)62-54(61-50)72-33-55(14-15-55)31-64-18-11-35(12-19-64)29-63-20-22-65(23-21-63)38-6-7-41-37(25-38)30-67(53(41)70)45-9-10-46(68)60-52(45)69/h5-8,25-28,35,45H,3-4,9-24,29-34H2,1-2H3,(H,60,68,69)/t45?,56-/m1/s1. The van der Waals surface area contributed by atoms with Gasteiger partial charge in [-0.05, 0) is 129 Å². The molecule has 2 aromatic heterocycles. The average Bonchev–Trinajstić information content (AvgIpc) is 4.10. The average molecular weight is 1010 g/mol. The van der Waals surface area contributed by atoms with Gasteiger partial charge < -0.3 is 38.5 Å². The lowest BCUT2D eigenvalue weighted by atomic mass is 9.86. The third-order valence-corrected chi connectivity index (χ3v) is 17.0. The number of benzene rings is 3. The van der Waals surface area contributed by atoms with Gasteiger partial charge in [-0.15, -0.1) is 0 Å². The molecule has 1 saturated carbocycles. The molecule has 0 radical (unpaired) electrons. The number of methoxy groups -OCH3 is 1. The summed E-state index contributed by atoms with van der Waals surface area (Å²) in [6.45, 7) is 12.6. The van der Waals surface area contributed by atoms with Crippen LogP contribution in [-0.2, 0) is 32.0 Å². The van der Waals surface area contributed by atoms with Crippen molar-refractivity contribution in [1.82, 2.24) is 35.0 Å². The quantitative estimate of drug-likeness (QED) is 0.0856. The lowest BCUT2D eigenvalue weighted by molar-refractivity contribution is -0.151. The fraction of sp³-hybridized carbons (Fsp3) is 0.536. The van der Waals surface area contributed by atoms with Crippen LogP contribution in [0.5, 0.6) is 11.8 Å². The van der Waals surface area contributed by atoms with Crippen LogP contribution in [0.2, 0.25) is 0 Å². The van der Waals surface area contributed by atoms with Gasteiger partial charge in [0.05, 0.1) is 24.2 Å². The van der Waals surface area contributed by atoms with Gasteiger partial charge in [0.25, 0.3) is 5.91 Å². The number of fused-ring (bicyclic) bond motifs is 3. The van der Waals surface area contributed by atoms with E-state index in [1.54, 1.807) is 23.2 Å². The molecule has 1 spiro atoms. The number of rotatable bonds is 15. The van der Waals surface area contributed by atoms with E-state index in [9.17, 15) is 14.4 Å². The summed E-state index contributed by atoms with van der Waals surface area (Å²) in [5, 5.41) is 4.14. The zero-order chi connectivity index (χ0) is 50.7. The van der Waals surface area contributed by atoms with Crippen LogP contribution in [0.25, 0.3) is 32.9 Å². The van der Waals surface area contributed by atoms with Crippen molar-refractivity contribution in [2.45, 2.75) is 89.3 Å². The van der Waals surface area contributed by atoms with Crippen LogP contribution in [-0.4, -0.2) is 152 Å². The number of halogens is 2. The number of ether oxygens (including phenoxy) is 4. The second-order valence-corrected chi connectivity index (χ2v) is 21.9. The first-order valence-electron chi connectivity index (χ1n) is 26.7. The molecule has 390 valence electrons. The van der Waals surface area contributed by atoms with Crippen LogP contribution in [0.4, 0.5) is 20.3 Å². The molecule has 0 bridgehead atoms. The fourth-order valence-electron chi connectivity index (χ4n) is 12.6. The smallest absolute Gasteiger partial charge is 0.319 e. The second kappa shape index (κ2) is 19.9. The van der Waals surface area contributed by atoms with Crippen molar-refractivity contribution in [3.63, 3.8) is 0 Å². The van der Waals surface area contributed by atoms with Crippen LogP contribution >= 0.6 is 0 Å². The zero-order valence-corrected chi connectivity index (χ0v) is 42.4. The highest BCUT2D eigenvalue weighted by atomic mass is 19.1. The molecule has 74 heavy (non-hydrogen) atoms. The van der Waals surface area contributed by atoms with Crippen LogP contribution in [0, 0.1) is 23.0 Å². The van der Waals surface area contributed by atoms with Crippen molar-refractivity contribution >= 4 is 50.9 Å². The molecule has 8 heterocycles. The third kappa shape index (κ3) is 9.40. The van der Waals surface area contributed by atoms with E-state index in [4.69, 9.17) is 33.9 Å². The molecule has 5 saturated heterocycles. The molecule has 16 nitrogen and oxygen atoms in total. The number of aromatic nitrogens is 3. The summed E-state index contributed by atoms with van der Waals surface area (Å²) >= 11 is 0. The molecular weight excluding hydrogens is 949 g/mol. The predicted octanol–water partition coefficient (Wildman–Crippen LogP) is 6.88. The molecule has 2 atom stereocenters. The van der Waals surface area contributed by atoms with E-state index in [-0.39, 0.29) is 59.1 Å².